The molecule has 2 atom stereocenters. The Kier molecular flexibility index (Phi) is 5.77. The Morgan fingerprint density at radius 2 is 1.81 bits per heavy atom. The topological polar surface area (TPSA) is 12.0 Å². The smallest absolute Gasteiger partial charge is 0.129 e. The van der Waals surface area contributed by atoms with Gasteiger partial charge in [-0.05, 0) is 30.7 Å². The van der Waals surface area contributed by atoms with E-state index in [4.69, 9.17) is 11.6 Å². The van der Waals surface area contributed by atoms with E-state index < -0.39 is 0 Å². The Morgan fingerprint density at radius 1 is 1.10 bits per heavy atom. The van der Waals surface area contributed by atoms with Gasteiger partial charge in [0.05, 0.1) is 0 Å². The third-order valence-corrected chi connectivity index (χ3v) is 4.03. The van der Waals surface area contributed by atoms with Crippen molar-refractivity contribution in [1.29, 1.82) is 0 Å². The lowest BCUT2D eigenvalue weighted by Gasteiger charge is -2.28. The predicted octanol–water partition coefficient (Wildman–Crippen LogP) is 5.32. The van der Waals surface area contributed by atoms with Crippen molar-refractivity contribution in [2.75, 3.05) is 6.54 Å². The molecule has 21 heavy (non-hydrogen) atoms. The zero-order valence-corrected chi connectivity index (χ0v) is 13.2. The van der Waals surface area contributed by atoms with Crippen molar-refractivity contribution in [3.63, 3.8) is 0 Å². The van der Waals surface area contributed by atoms with E-state index in [1.165, 1.54) is 11.6 Å². The number of rotatable bonds is 6. The second-order valence-electron chi connectivity index (χ2n) is 5.13. The van der Waals surface area contributed by atoms with Gasteiger partial charge < -0.3 is 5.32 Å². The summed E-state index contributed by atoms with van der Waals surface area (Å²) in [6.45, 7) is 4.96. The first kappa shape index (κ1) is 16.0. The molecule has 2 aromatic rings. The summed E-state index contributed by atoms with van der Waals surface area (Å²) in [6, 6.07) is 15.1. The first-order valence-corrected chi connectivity index (χ1v) is 7.78. The predicted molar refractivity (Wildman–Crippen MR) is 87.3 cm³/mol. The quantitative estimate of drug-likeness (QED) is 0.761. The first-order valence-electron chi connectivity index (χ1n) is 7.40. The molecule has 0 aliphatic rings. The van der Waals surface area contributed by atoms with Gasteiger partial charge in [0.25, 0.3) is 0 Å². The summed E-state index contributed by atoms with van der Waals surface area (Å²) in [5, 5.41) is 3.86. The molecule has 0 heterocycles. The SMILES string of the molecule is CCNC(c1ccc(Cl)cc1F)C(CC)c1ccccc1. The second-order valence-corrected chi connectivity index (χ2v) is 5.56. The van der Waals surface area contributed by atoms with E-state index in [1.54, 1.807) is 12.1 Å². The molecule has 0 bridgehead atoms. The van der Waals surface area contributed by atoms with Gasteiger partial charge in [0.2, 0.25) is 0 Å². The molecule has 112 valence electrons. The third-order valence-electron chi connectivity index (χ3n) is 3.79. The second kappa shape index (κ2) is 7.58. The minimum Gasteiger partial charge on any atom is -0.310 e. The van der Waals surface area contributed by atoms with E-state index in [2.05, 4.69) is 24.4 Å². The summed E-state index contributed by atoms with van der Waals surface area (Å²) in [7, 11) is 0. The zero-order valence-electron chi connectivity index (χ0n) is 12.4. The molecule has 0 spiro atoms. The molecule has 2 rings (SSSR count). The highest BCUT2D eigenvalue weighted by atomic mass is 35.5. The van der Waals surface area contributed by atoms with Crippen molar-refractivity contribution in [3.05, 3.63) is 70.5 Å². The van der Waals surface area contributed by atoms with Crippen LogP contribution in [0.3, 0.4) is 0 Å². The van der Waals surface area contributed by atoms with Crippen LogP contribution in [0.4, 0.5) is 4.39 Å². The molecule has 3 heteroatoms. The Bertz CT molecular complexity index is 571. The average Bonchev–Trinajstić information content (AvgIpc) is 2.48. The lowest BCUT2D eigenvalue weighted by Crippen LogP contribution is -2.27. The molecule has 0 radical (unpaired) electrons. The molecule has 2 unspecified atom stereocenters. The van der Waals surface area contributed by atoms with Crippen molar-refractivity contribution in [2.45, 2.75) is 32.2 Å². The molecule has 1 N–H and O–H groups in total. The number of nitrogens with one attached hydrogen (secondary N) is 1. The van der Waals surface area contributed by atoms with Gasteiger partial charge in [-0.1, -0.05) is 61.8 Å². The number of hydrogen-bond donors (Lipinski definition) is 1. The van der Waals surface area contributed by atoms with E-state index in [-0.39, 0.29) is 17.8 Å². The zero-order chi connectivity index (χ0) is 15.2. The summed E-state index contributed by atoms with van der Waals surface area (Å²) in [4.78, 5) is 0. The Balaban J connectivity index is 2.41. The highest BCUT2D eigenvalue weighted by Crippen LogP contribution is 2.35. The van der Waals surface area contributed by atoms with Crippen molar-refractivity contribution >= 4 is 11.6 Å². The third kappa shape index (κ3) is 3.84. The average molecular weight is 306 g/mol. The van der Waals surface area contributed by atoms with Gasteiger partial charge in [0.15, 0.2) is 0 Å². The van der Waals surface area contributed by atoms with E-state index in [9.17, 15) is 4.39 Å². The van der Waals surface area contributed by atoms with E-state index in [0.717, 1.165) is 13.0 Å². The van der Waals surface area contributed by atoms with Crippen LogP contribution in [0.1, 0.15) is 43.4 Å². The Hall–Kier alpha value is -1.38. The highest BCUT2D eigenvalue weighted by Gasteiger charge is 2.25. The number of hydrogen-bond acceptors (Lipinski definition) is 1. The number of halogens is 2. The van der Waals surface area contributed by atoms with Crippen molar-refractivity contribution in [1.82, 2.24) is 5.32 Å². The lowest BCUT2D eigenvalue weighted by molar-refractivity contribution is 0.428. The van der Waals surface area contributed by atoms with Crippen LogP contribution >= 0.6 is 11.6 Å². The van der Waals surface area contributed by atoms with Crippen LogP contribution in [0.2, 0.25) is 5.02 Å². The van der Waals surface area contributed by atoms with Crippen molar-refractivity contribution < 1.29 is 4.39 Å². The molecule has 0 saturated heterocycles. The van der Waals surface area contributed by atoms with Gasteiger partial charge in [0.1, 0.15) is 5.82 Å². The molecule has 1 nitrogen and oxygen atoms in total. The lowest BCUT2D eigenvalue weighted by atomic mass is 9.85. The van der Waals surface area contributed by atoms with Crippen LogP contribution in [-0.4, -0.2) is 6.54 Å². The number of benzene rings is 2. The van der Waals surface area contributed by atoms with Crippen LogP contribution < -0.4 is 5.32 Å². The van der Waals surface area contributed by atoms with Crippen molar-refractivity contribution in [3.8, 4) is 0 Å². The fourth-order valence-electron chi connectivity index (χ4n) is 2.81. The Morgan fingerprint density at radius 3 is 2.38 bits per heavy atom. The van der Waals surface area contributed by atoms with Gasteiger partial charge in [0, 0.05) is 22.5 Å². The standard InChI is InChI=1S/C18H21ClFN/c1-3-15(13-8-6-5-7-9-13)18(21-4-2)16-11-10-14(19)12-17(16)20/h5-12,15,18,21H,3-4H2,1-2H3. The normalized spacial score (nSPS) is 13.9. The summed E-state index contributed by atoms with van der Waals surface area (Å²) < 4.78 is 14.3. The van der Waals surface area contributed by atoms with Gasteiger partial charge in [-0.25, -0.2) is 4.39 Å². The fraction of sp³-hybridized carbons (Fsp3) is 0.333. The maximum atomic E-state index is 14.3. The molecule has 0 saturated carbocycles. The van der Waals surface area contributed by atoms with Crippen LogP contribution in [0.5, 0.6) is 0 Å². The molecular formula is C18H21ClFN. The van der Waals surface area contributed by atoms with Crippen LogP contribution in [0.15, 0.2) is 48.5 Å². The maximum Gasteiger partial charge on any atom is 0.129 e. The highest BCUT2D eigenvalue weighted by molar-refractivity contribution is 6.30. The van der Waals surface area contributed by atoms with E-state index in [1.807, 2.05) is 25.1 Å². The Labute approximate surface area is 131 Å². The minimum absolute atomic E-state index is 0.0559. The fourth-order valence-corrected chi connectivity index (χ4v) is 2.97. The van der Waals surface area contributed by atoms with Gasteiger partial charge >= 0.3 is 0 Å². The molecule has 2 aromatic carbocycles. The van der Waals surface area contributed by atoms with Crippen molar-refractivity contribution in [2.24, 2.45) is 0 Å². The van der Waals surface area contributed by atoms with Crippen LogP contribution in [0, 0.1) is 5.82 Å². The maximum absolute atomic E-state index is 14.3. The molecule has 0 aromatic heterocycles. The molecule has 0 aliphatic carbocycles. The van der Waals surface area contributed by atoms with Crippen LogP contribution in [-0.2, 0) is 0 Å². The molecule has 0 aliphatic heterocycles. The monoisotopic (exact) mass is 305 g/mol. The molecule has 0 fully saturated rings. The van der Waals surface area contributed by atoms with E-state index in [0.29, 0.717) is 10.6 Å². The van der Waals surface area contributed by atoms with Gasteiger partial charge in [-0.3, -0.25) is 0 Å². The minimum atomic E-state index is -0.247. The van der Waals surface area contributed by atoms with Gasteiger partial charge in [-0.15, -0.1) is 0 Å². The molecule has 0 amide bonds. The summed E-state index contributed by atoms with van der Waals surface area (Å²) in [6.07, 6.45) is 0.934. The largest absolute Gasteiger partial charge is 0.310 e. The first-order chi connectivity index (χ1) is 10.2. The summed E-state index contributed by atoms with van der Waals surface area (Å²) in [5.41, 5.74) is 1.90. The number of likely N-dealkylation sites (N-methyl/N-ethyl adjacent to an activating group) is 1. The molecular weight excluding hydrogens is 285 g/mol. The summed E-state index contributed by atoms with van der Waals surface area (Å²) in [5.74, 6) is -0.0235. The van der Waals surface area contributed by atoms with Crippen LogP contribution in [0.25, 0.3) is 0 Å². The van der Waals surface area contributed by atoms with Gasteiger partial charge in [-0.2, -0.15) is 0 Å². The summed E-state index contributed by atoms with van der Waals surface area (Å²) >= 11 is 5.87. The van der Waals surface area contributed by atoms with E-state index >= 15 is 0 Å².